The average molecular weight is 263 g/mol. The topological polar surface area (TPSA) is 75.9 Å². The Morgan fingerprint density at radius 3 is 2.41 bits per heavy atom. The zero-order valence-electron chi connectivity index (χ0n) is 10.3. The number of hydrogen-bond donors (Lipinski definition) is 1. The van der Waals surface area contributed by atoms with Crippen molar-refractivity contribution < 1.29 is 13.2 Å². The van der Waals surface area contributed by atoms with Crippen LogP contribution in [0, 0.1) is 0 Å². The van der Waals surface area contributed by atoms with E-state index in [1.807, 2.05) is 0 Å². The zero-order chi connectivity index (χ0) is 12.5. The molecule has 1 atom stereocenters. The van der Waals surface area contributed by atoms with E-state index in [1.54, 1.807) is 0 Å². The SMILES string of the molecule is CS(=O)(=O)N1CCN(CC2(N)CCOC2)CC1. The van der Waals surface area contributed by atoms with Crippen LogP contribution in [0.1, 0.15) is 6.42 Å². The summed E-state index contributed by atoms with van der Waals surface area (Å²) in [5.41, 5.74) is 5.97. The van der Waals surface area contributed by atoms with Crippen molar-refractivity contribution in [1.29, 1.82) is 0 Å². The highest BCUT2D eigenvalue weighted by atomic mass is 32.2. The molecule has 2 aliphatic rings. The molecule has 0 aromatic rings. The standard InChI is InChI=1S/C10H21N3O3S/c1-17(14,15)13-5-3-12(4-6-13)8-10(11)2-7-16-9-10/h2-9,11H2,1H3. The van der Waals surface area contributed by atoms with E-state index in [-0.39, 0.29) is 5.54 Å². The van der Waals surface area contributed by atoms with Gasteiger partial charge in [-0.15, -0.1) is 0 Å². The molecule has 2 N–H and O–H groups in total. The predicted octanol–water partition coefficient (Wildman–Crippen LogP) is -1.32. The maximum atomic E-state index is 11.4. The third kappa shape index (κ3) is 3.38. The Morgan fingerprint density at radius 2 is 1.94 bits per heavy atom. The minimum absolute atomic E-state index is 0.243. The van der Waals surface area contributed by atoms with Gasteiger partial charge in [0.15, 0.2) is 0 Å². The van der Waals surface area contributed by atoms with Crippen molar-refractivity contribution in [3.63, 3.8) is 0 Å². The Bertz CT molecular complexity index is 357. The molecular weight excluding hydrogens is 242 g/mol. The van der Waals surface area contributed by atoms with Gasteiger partial charge in [-0.05, 0) is 6.42 Å². The molecule has 0 aromatic carbocycles. The van der Waals surface area contributed by atoms with Crippen LogP contribution in [0.2, 0.25) is 0 Å². The number of nitrogens with two attached hydrogens (primary N) is 1. The van der Waals surface area contributed by atoms with E-state index in [2.05, 4.69) is 4.90 Å². The van der Waals surface area contributed by atoms with E-state index < -0.39 is 10.0 Å². The molecule has 0 radical (unpaired) electrons. The number of rotatable bonds is 3. The van der Waals surface area contributed by atoms with Gasteiger partial charge in [-0.2, -0.15) is 4.31 Å². The molecule has 1 unspecified atom stereocenters. The third-order valence-corrected chi connectivity index (χ3v) is 4.78. The molecule has 0 amide bonds. The molecule has 0 aromatic heterocycles. The quantitative estimate of drug-likeness (QED) is 0.683. The summed E-state index contributed by atoms with van der Waals surface area (Å²) in [5, 5.41) is 0. The lowest BCUT2D eigenvalue weighted by molar-refractivity contribution is 0.130. The second-order valence-corrected chi connectivity index (χ2v) is 7.09. The Balaban J connectivity index is 1.83. The summed E-state index contributed by atoms with van der Waals surface area (Å²) in [6.45, 7) is 4.78. The van der Waals surface area contributed by atoms with Crippen molar-refractivity contribution in [1.82, 2.24) is 9.21 Å². The maximum absolute atomic E-state index is 11.4. The first-order valence-electron chi connectivity index (χ1n) is 5.93. The highest BCUT2D eigenvalue weighted by molar-refractivity contribution is 7.88. The van der Waals surface area contributed by atoms with Crippen LogP contribution >= 0.6 is 0 Å². The van der Waals surface area contributed by atoms with Crippen molar-refractivity contribution >= 4 is 10.0 Å². The molecular formula is C10H21N3O3S. The smallest absolute Gasteiger partial charge is 0.211 e. The van der Waals surface area contributed by atoms with Gasteiger partial charge in [0.25, 0.3) is 0 Å². The van der Waals surface area contributed by atoms with Gasteiger partial charge in [-0.1, -0.05) is 0 Å². The van der Waals surface area contributed by atoms with Crippen LogP contribution < -0.4 is 5.73 Å². The highest BCUT2D eigenvalue weighted by Gasteiger charge is 2.34. The molecule has 6 nitrogen and oxygen atoms in total. The molecule has 2 heterocycles. The minimum Gasteiger partial charge on any atom is -0.379 e. The number of nitrogens with zero attached hydrogens (tertiary/aromatic N) is 2. The second kappa shape index (κ2) is 4.81. The van der Waals surface area contributed by atoms with E-state index in [1.165, 1.54) is 10.6 Å². The van der Waals surface area contributed by atoms with E-state index in [4.69, 9.17) is 10.5 Å². The van der Waals surface area contributed by atoms with Gasteiger partial charge >= 0.3 is 0 Å². The van der Waals surface area contributed by atoms with Crippen LogP contribution in [0.5, 0.6) is 0 Å². The molecule has 0 bridgehead atoms. The zero-order valence-corrected chi connectivity index (χ0v) is 11.1. The number of hydrogen-bond acceptors (Lipinski definition) is 5. The van der Waals surface area contributed by atoms with Gasteiger partial charge < -0.3 is 10.5 Å². The largest absolute Gasteiger partial charge is 0.379 e. The molecule has 2 fully saturated rings. The fourth-order valence-electron chi connectivity index (χ4n) is 2.41. The molecule has 0 spiro atoms. The molecule has 0 saturated carbocycles. The molecule has 2 saturated heterocycles. The van der Waals surface area contributed by atoms with E-state index in [0.29, 0.717) is 19.7 Å². The monoisotopic (exact) mass is 263 g/mol. The minimum atomic E-state index is -3.04. The second-order valence-electron chi connectivity index (χ2n) is 5.10. The lowest BCUT2D eigenvalue weighted by Gasteiger charge is -2.37. The van der Waals surface area contributed by atoms with E-state index in [0.717, 1.165) is 32.7 Å². The van der Waals surface area contributed by atoms with Gasteiger partial charge in [-0.3, -0.25) is 4.90 Å². The van der Waals surface area contributed by atoms with Crippen LogP contribution in [-0.2, 0) is 14.8 Å². The number of sulfonamides is 1. The van der Waals surface area contributed by atoms with Crippen LogP contribution in [0.3, 0.4) is 0 Å². The lowest BCUT2D eigenvalue weighted by atomic mass is 9.99. The Kier molecular flexibility index (Phi) is 3.74. The van der Waals surface area contributed by atoms with Gasteiger partial charge in [0.1, 0.15) is 0 Å². The summed E-state index contributed by atoms with van der Waals surface area (Å²) < 4.78 is 29.6. The van der Waals surface area contributed by atoms with Gasteiger partial charge in [0.2, 0.25) is 10.0 Å². The van der Waals surface area contributed by atoms with Gasteiger partial charge in [0, 0.05) is 39.3 Å². The lowest BCUT2D eigenvalue weighted by Crippen LogP contribution is -2.56. The Hall–Kier alpha value is -0.210. The first kappa shape index (κ1) is 13.2. The fraction of sp³-hybridized carbons (Fsp3) is 1.00. The molecule has 100 valence electrons. The molecule has 2 rings (SSSR count). The van der Waals surface area contributed by atoms with Gasteiger partial charge in [-0.25, -0.2) is 8.42 Å². The third-order valence-electron chi connectivity index (χ3n) is 3.47. The Morgan fingerprint density at radius 1 is 1.29 bits per heavy atom. The summed E-state index contributed by atoms with van der Waals surface area (Å²) in [6.07, 6.45) is 2.15. The molecule has 2 aliphatic heterocycles. The number of piperazine rings is 1. The summed E-state index contributed by atoms with van der Waals surface area (Å²) in [4.78, 5) is 2.23. The van der Waals surface area contributed by atoms with E-state index in [9.17, 15) is 8.42 Å². The molecule has 7 heteroatoms. The Labute approximate surface area is 103 Å². The normalized spacial score (nSPS) is 33.1. The predicted molar refractivity (Wildman–Crippen MR) is 65.2 cm³/mol. The fourth-order valence-corrected chi connectivity index (χ4v) is 3.24. The maximum Gasteiger partial charge on any atom is 0.211 e. The highest BCUT2D eigenvalue weighted by Crippen LogP contribution is 2.18. The summed E-state index contributed by atoms with van der Waals surface area (Å²) in [7, 11) is -3.04. The van der Waals surface area contributed by atoms with Crippen molar-refractivity contribution in [2.75, 3.05) is 52.2 Å². The summed E-state index contributed by atoms with van der Waals surface area (Å²) in [6, 6.07) is 0. The molecule has 17 heavy (non-hydrogen) atoms. The average Bonchev–Trinajstić information content (AvgIpc) is 2.64. The summed E-state index contributed by atoms with van der Waals surface area (Å²) >= 11 is 0. The van der Waals surface area contributed by atoms with Crippen molar-refractivity contribution in [3.05, 3.63) is 0 Å². The molecule has 0 aliphatic carbocycles. The van der Waals surface area contributed by atoms with Crippen LogP contribution in [0.25, 0.3) is 0 Å². The van der Waals surface area contributed by atoms with Crippen molar-refractivity contribution in [3.8, 4) is 0 Å². The van der Waals surface area contributed by atoms with Crippen molar-refractivity contribution in [2.45, 2.75) is 12.0 Å². The van der Waals surface area contributed by atoms with Crippen LogP contribution in [0.4, 0.5) is 0 Å². The van der Waals surface area contributed by atoms with E-state index >= 15 is 0 Å². The van der Waals surface area contributed by atoms with Crippen molar-refractivity contribution in [2.24, 2.45) is 5.73 Å². The van der Waals surface area contributed by atoms with Crippen LogP contribution in [0.15, 0.2) is 0 Å². The number of ether oxygens (including phenoxy) is 1. The van der Waals surface area contributed by atoms with Crippen LogP contribution in [-0.4, -0.2) is 75.4 Å². The first-order chi connectivity index (χ1) is 7.89. The van der Waals surface area contributed by atoms with Gasteiger partial charge in [0.05, 0.1) is 18.4 Å². The first-order valence-corrected chi connectivity index (χ1v) is 7.78. The summed E-state index contributed by atoms with van der Waals surface area (Å²) in [5.74, 6) is 0.